The van der Waals surface area contributed by atoms with E-state index in [-0.39, 0.29) is 11.5 Å². The van der Waals surface area contributed by atoms with Crippen LogP contribution in [0.3, 0.4) is 0 Å². The summed E-state index contributed by atoms with van der Waals surface area (Å²) in [4.78, 5) is 18.5. The van der Waals surface area contributed by atoms with Gasteiger partial charge in [0.1, 0.15) is 0 Å². The molecule has 4 atom stereocenters. The summed E-state index contributed by atoms with van der Waals surface area (Å²) >= 11 is 1.91. The van der Waals surface area contributed by atoms with Crippen LogP contribution < -0.4 is 10.2 Å². The summed E-state index contributed by atoms with van der Waals surface area (Å²) in [6.45, 7) is 0.908. The van der Waals surface area contributed by atoms with Crippen LogP contribution in [0.25, 0.3) is 10.9 Å². The fraction of sp³-hybridized carbons (Fsp3) is 0.500. The molecule has 122 valence electrons. The SMILES string of the molecule is O=C1CC2S[C@H]3C[C@@]24C[C@@H]1N1CCc2c[nH]c5c(O)c(c4c1c25)N3. The molecule has 5 heterocycles. The van der Waals surface area contributed by atoms with E-state index in [1.54, 1.807) is 0 Å². The van der Waals surface area contributed by atoms with Crippen molar-refractivity contribution in [2.45, 2.75) is 47.8 Å². The number of aromatic hydroxyl groups is 1. The van der Waals surface area contributed by atoms with Gasteiger partial charge in [0.25, 0.3) is 0 Å². The van der Waals surface area contributed by atoms with Crippen LogP contribution in [0.15, 0.2) is 6.20 Å². The number of hydrogen-bond donors (Lipinski definition) is 3. The Labute approximate surface area is 142 Å². The average Bonchev–Trinajstić information content (AvgIpc) is 3.11. The van der Waals surface area contributed by atoms with Crippen LogP contribution in [-0.4, -0.2) is 39.1 Å². The number of fused-ring (bicyclic) bond motifs is 3. The topological polar surface area (TPSA) is 68.4 Å². The molecule has 1 aromatic carbocycles. The Morgan fingerprint density at radius 3 is 3.21 bits per heavy atom. The fourth-order valence-corrected chi connectivity index (χ4v) is 7.96. The molecule has 1 saturated carbocycles. The first-order chi connectivity index (χ1) is 11.7. The van der Waals surface area contributed by atoms with E-state index in [1.165, 1.54) is 16.8 Å². The maximum Gasteiger partial charge on any atom is 0.163 e. The number of aromatic amines is 1. The van der Waals surface area contributed by atoms with Crippen LogP contribution in [-0.2, 0) is 16.6 Å². The summed E-state index contributed by atoms with van der Waals surface area (Å²) < 4.78 is 0. The van der Waals surface area contributed by atoms with Crippen molar-refractivity contribution in [1.29, 1.82) is 0 Å². The van der Waals surface area contributed by atoms with Crippen molar-refractivity contribution in [3.63, 3.8) is 0 Å². The van der Waals surface area contributed by atoms with Gasteiger partial charge in [-0.25, -0.2) is 0 Å². The zero-order chi connectivity index (χ0) is 15.8. The molecule has 2 aromatic rings. The van der Waals surface area contributed by atoms with Crippen LogP contribution in [0.4, 0.5) is 11.4 Å². The lowest BCUT2D eigenvalue weighted by Gasteiger charge is -2.54. The molecule has 1 unspecified atom stereocenters. The lowest BCUT2D eigenvalue weighted by molar-refractivity contribution is -0.123. The summed E-state index contributed by atoms with van der Waals surface area (Å²) in [7, 11) is 0. The van der Waals surface area contributed by atoms with Crippen molar-refractivity contribution in [3.8, 4) is 5.75 Å². The lowest BCUT2D eigenvalue weighted by atomic mass is 9.60. The van der Waals surface area contributed by atoms with E-state index < -0.39 is 0 Å². The molecule has 1 aromatic heterocycles. The van der Waals surface area contributed by atoms with Crippen molar-refractivity contribution in [3.05, 3.63) is 17.3 Å². The van der Waals surface area contributed by atoms with Crippen molar-refractivity contribution in [2.24, 2.45) is 0 Å². The van der Waals surface area contributed by atoms with Crippen molar-refractivity contribution >= 4 is 39.8 Å². The minimum Gasteiger partial charge on any atom is -0.504 e. The highest BCUT2D eigenvalue weighted by molar-refractivity contribution is 8.01. The van der Waals surface area contributed by atoms with Crippen LogP contribution in [0.1, 0.15) is 30.4 Å². The van der Waals surface area contributed by atoms with E-state index in [9.17, 15) is 9.90 Å². The first-order valence-corrected chi connectivity index (χ1v) is 9.72. The number of rotatable bonds is 0. The number of H-pyrrole nitrogens is 1. The summed E-state index contributed by atoms with van der Waals surface area (Å²) in [5.74, 6) is 0.788. The van der Waals surface area contributed by atoms with Gasteiger partial charge in [-0.2, -0.15) is 0 Å². The van der Waals surface area contributed by atoms with Crippen LogP contribution in [0.5, 0.6) is 5.75 Å². The normalized spacial score (nSPS) is 37.2. The third-order valence-corrected chi connectivity index (χ3v) is 8.62. The molecule has 2 fully saturated rings. The summed E-state index contributed by atoms with van der Waals surface area (Å²) in [6.07, 6.45) is 5.69. The minimum atomic E-state index is 0.0369. The summed E-state index contributed by atoms with van der Waals surface area (Å²) in [5.41, 5.74) is 5.66. The Balaban J connectivity index is 1.72. The molecule has 3 bridgehead atoms. The summed E-state index contributed by atoms with van der Waals surface area (Å²) in [5, 5.41) is 16.4. The molecule has 0 radical (unpaired) electrons. The largest absolute Gasteiger partial charge is 0.504 e. The number of aromatic nitrogens is 1. The quantitative estimate of drug-likeness (QED) is 0.644. The summed E-state index contributed by atoms with van der Waals surface area (Å²) in [6, 6.07) is 0.0369. The number of carbonyl (C=O) groups excluding carboxylic acids is 1. The van der Waals surface area contributed by atoms with Crippen LogP contribution in [0.2, 0.25) is 0 Å². The van der Waals surface area contributed by atoms with Gasteiger partial charge in [-0.15, -0.1) is 11.8 Å². The molecule has 3 N–H and O–H groups in total. The van der Waals surface area contributed by atoms with Gasteiger partial charge in [-0.05, 0) is 24.8 Å². The highest BCUT2D eigenvalue weighted by atomic mass is 32.2. The number of Topliss-reactive ketones (excluding diaryl/α,β-unsaturated/α-hetero) is 1. The number of ketones is 1. The van der Waals surface area contributed by atoms with E-state index in [0.717, 1.165) is 42.4 Å². The number of hydrogen-bond acceptors (Lipinski definition) is 5. The van der Waals surface area contributed by atoms with Crippen molar-refractivity contribution in [1.82, 2.24) is 4.98 Å². The molecule has 5 aliphatic rings. The molecule has 1 aliphatic carbocycles. The average molecular weight is 339 g/mol. The molecule has 5 nitrogen and oxygen atoms in total. The van der Waals surface area contributed by atoms with Gasteiger partial charge in [0.15, 0.2) is 11.5 Å². The van der Waals surface area contributed by atoms with Gasteiger partial charge < -0.3 is 20.3 Å². The number of carbonyl (C=O) groups is 1. The van der Waals surface area contributed by atoms with Gasteiger partial charge >= 0.3 is 0 Å². The predicted octanol–water partition coefficient (Wildman–Crippen LogP) is 2.48. The maximum atomic E-state index is 12.9. The Morgan fingerprint density at radius 2 is 2.29 bits per heavy atom. The third kappa shape index (κ3) is 1.10. The van der Waals surface area contributed by atoms with E-state index in [4.69, 9.17) is 0 Å². The first-order valence-electron chi connectivity index (χ1n) is 8.78. The van der Waals surface area contributed by atoms with Crippen molar-refractivity contribution < 1.29 is 9.90 Å². The smallest absolute Gasteiger partial charge is 0.163 e. The molecule has 1 spiro atoms. The van der Waals surface area contributed by atoms with Crippen molar-refractivity contribution in [2.75, 3.05) is 16.8 Å². The molecule has 6 heteroatoms. The monoisotopic (exact) mass is 339 g/mol. The number of nitrogens with zero attached hydrogens (tertiary/aromatic N) is 1. The standard InChI is InChI=1S/C18H17N3O2S/c22-9-3-10-18-4-8(9)21-2-1-7-6-19-14-12(7)16(21)13(18)15(17(14)23)20-11(5-18)24-10/h6,8,10-11,19-20,23H,1-5H2/t8-,10?,11-,18-/m0/s1. The van der Waals surface area contributed by atoms with Gasteiger partial charge in [0, 0.05) is 40.8 Å². The third-order valence-electron chi connectivity index (χ3n) is 7.06. The Kier molecular flexibility index (Phi) is 1.86. The van der Waals surface area contributed by atoms with E-state index in [2.05, 4.69) is 15.2 Å². The number of nitrogens with one attached hydrogen (secondary N) is 2. The molecule has 24 heavy (non-hydrogen) atoms. The van der Waals surface area contributed by atoms with Gasteiger partial charge in [-0.3, -0.25) is 4.79 Å². The Morgan fingerprint density at radius 1 is 1.38 bits per heavy atom. The number of thioether (sulfide) groups is 1. The van der Waals surface area contributed by atoms with Gasteiger partial charge in [-0.1, -0.05) is 0 Å². The molecule has 0 amide bonds. The molecular weight excluding hydrogens is 322 g/mol. The minimum absolute atomic E-state index is 0.0369. The number of phenolic OH excluding ortho intramolecular Hbond substituents is 1. The number of anilines is 2. The molecule has 7 rings (SSSR count). The maximum absolute atomic E-state index is 12.9. The predicted molar refractivity (Wildman–Crippen MR) is 94.1 cm³/mol. The fourth-order valence-electron chi connectivity index (χ4n) is 6.15. The van der Waals surface area contributed by atoms with Gasteiger partial charge in [0.05, 0.1) is 28.3 Å². The van der Waals surface area contributed by atoms with E-state index in [1.807, 2.05) is 18.0 Å². The zero-order valence-electron chi connectivity index (χ0n) is 13.1. The Hall–Kier alpha value is -1.82. The Bertz CT molecular complexity index is 983. The highest BCUT2D eigenvalue weighted by Crippen LogP contribution is 2.67. The van der Waals surface area contributed by atoms with E-state index >= 15 is 0 Å². The second-order valence-electron chi connectivity index (χ2n) is 7.96. The van der Waals surface area contributed by atoms with Crippen LogP contribution in [0, 0.1) is 0 Å². The highest BCUT2D eigenvalue weighted by Gasteiger charge is 2.63. The molecule has 1 saturated heterocycles. The van der Waals surface area contributed by atoms with Gasteiger partial charge in [0.2, 0.25) is 0 Å². The second kappa shape index (κ2) is 3.57. The molecule has 4 aliphatic heterocycles. The van der Waals surface area contributed by atoms with Crippen LogP contribution >= 0.6 is 11.8 Å². The lowest BCUT2D eigenvalue weighted by Crippen LogP contribution is -2.59. The van der Waals surface area contributed by atoms with E-state index in [0.29, 0.717) is 28.6 Å². The number of benzene rings is 1. The first kappa shape index (κ1) is 12.5. The molecular formula is C18H17N3O2S. The second-order valence-corrected chi connectivity index (χ2v) is 9.37. The zero-order valence-corrected chi connectivity index (χ0v) is 13.9. The number of phenols is 1.